The number of rotatable bonds is 0. The van der Waals surface area contributed by atoms with Crippen LogP contribution in [0, 0.1) is 0 Å². The summed E-state index contributed by atoms with van der Waals surface area (Å²) in [5, 5.41) is 11.5. The summed E-state index contributed by atoms with van der Waals surface area (Å²) in [5.41, 5.74) is 0. The molecule has 3 nitrogen and oxygen atoms in total. The second kappa shape index (κ2) is 2.96. The molecule has 1 N–H and O–H groups in total. The van der Waals surface area contributed by atoms with Gasteiger partial charge in [0.1, 0.15) is 6.61 Å². The molecule has 0 aromatic rings. The molecule has 0 aromatic carbocycles. The Labute approximate surface area is 59.1 Å². The van der Waals surface area contributed by atoms with Crippen molar-refractivity contribution in [2.24, 2.45) is 5.16 Å². The largest absolute Gasteiger partial charge is 0.477 e. The molecule has 1 aliphatic heterocycles. The number of hydrogen-bond donors (Lipinski definition) is 2. The van der Waals surface area contributed by atoms with E-state index in [9.17, 15) is 0 Å². The Hall–Kier alpha value is -0.380. The molecular weight excluding hydrogens is 138 g/mol. The number of oxime groups is 1. The first kappa shape index (κ1) is 6.74. The maximum absolute atomic E-state index is 8.22. The molecule has 0 aromatic heterocycles. The monoisotopic (exact) mass is 147 g/mol. The predicted molar refractivity (Wildman–Crippen MR) is 37.2 cm³/mol. The molecule has 1 heterocycles. The van der Waals surface area contributed by atoms with Crippen LogP contribution >= 0.6 is 12.6 Å². The fourth-order valence-corrected chi connectivity index (χ4v) is 0.920. The van der Waals surface area contributed by atoms with Crippen LogP contribution in [0.1, 0.15) is 12.8 Å². The molecule has 1 rings (SSSR count). The summed E-state index contributed by atoms with van der Waals surface area (Å²) < 4.78 is 4.96. The van der Waals surface area contributed by atoms with E-state index >= 15 is 0 Å². The van der Waals surface area contributed by atoms with E-state index in [-0.39, 0.29) is 0 Å². The summed E-state index contributed by atoms with van der Waals surface area (Å²) in [6, 6.07) is 0. The van der Waals surface area contributed by atoms with Crippen LogP contribution in [-0.2, 0) is 4.74 Å². The van der Waals surface area contributed by atoms with Gasteiger partial charge >= 0.3 is 0 Å². The van der Waals surface area contributed by atoms with Crippen molar-refractivity contribution in [1.29, 1.82) is 0 Å². The molecule has 0 saturated carbocycles. The van der Waals surface area contributed by atoms with Crippen LogP contribution in [0.15, 0.2) is 5.16 Å². The standard InChI is InChI=1S/C5H9NO2S/c7-6-5-2-1-4(9)3-8-5/h4,7,9H,1-3H2/b6-5-. The third-order valence-corrected chi connectivity index (χ3v) is 1.65. The van der Waals surface area contributed by atoms with E-state index < -0.39 is 0 Å². The van der Waals surface area contributed by atoms with Crippen LogP contribution < -0.4 is 0 Å². The molecule has 0 amide bonds. The molecule has 1 aliphatic rings. The van der Waals surface area contributed by atoms with Gasteiger partial charge in [-0.25, -0.2) is 0 Å². The molecule has 1 atom stereocenters. The van der Waals surface area contributed by atoms with Gasteiger partial charge in [0.05, 0.1) is 0 Å². The van der Waals surface area contributed by atoms with Crippen LogP contribution in [0.25, 0.3) is 0 Å². The van der Waals surface area contributed by atoms with Crippen molar-refractivity contribution < 1.29 is 9.94 Å². The van der Waals surface area contributed by atoms with Crippen molar-refractivity contribution in [3.63, 3.8) is 0 Å². The molecule has 1 unspecified atom stereocenters. The zero-order valence-corrected chi connectivity index (χ0v) is 5.84. The highest BCUT2D eigenvalue weighted by Gasteiger charge is 2.14. The van der Waals surface area contributed by atoms with Gasteiger partial charge in [-0.15, -0.1) is 0 Å². The van der Waals surface area contributed by atoms with E-state index in [4.69, 9.17) is 9.94 Å². The van der Waals surface area contributed by atoms with Gasteiger partial charge in [-0.05, 0) is 6.42 Å². The van der Waals surface area contributed by atoms with Crippen LogP contribution in [-0.4, -0.2) is 23.0 Å². The molecule has 9 heavy (non-hydrogen) atoms. The number of ether oxygens (including phenoxy) is 1. The molecule has 0 radical (unpaired) electrons. The van der Waals surface area contributed by atoms with Crippen molar-refractivity contribution in [2.75, 3.05) is 6.61 Å². The van der Waals surface area contributed by atoms with E-state index in [1.807, 2.05) is 0 Å². The second-order valence-electron chi connectivity index (χ2n) is 2.00. The lowest BCUT2D eigenvalue weighted by molar-refractivity contribution is 0.228. The van der Waals surface area contributed by atoms with Crippen molar-refractivity contribution in [1.82, 2.24) is 0 Å². The van der Waals surface area contributed by atoms with Crippen molar-refractivity contribution in [3.8, 4) is 0 Å². The number of hydrogen-bond acceptors (Lipinski definition) is 4. The average Bonchev–Trinajstić information content (AvgIpc) is 1.90. The molecule has 0 aliphatic carbocycles. The van der Waals surface area contributed by atoms with Crippen molar-refractivity contribution in [3.05, 3.63) is 0 Å². The molecular formula is C5H9NO2S. The van der Waals surface area contributed by atoms with E-state index in [0.717, 1.165) is 6.42 Å². The number of thiol groups is 1. The van der Waals surface area contributed by atoms with E-state index in [1.54, 1.807) is 0 Å². The predicted octanol–water partition coefficient (Wildman–Crippen LogP) is 0.883. The fourth-order valence-electron chi connectivity index (χ4n) is 0.717. The highest BCUT2D eigenvalue weighted by molar-refractivity contribution is 7.81. The van der Waals surface area contributed by atoms with Gasteiger partial charge in [-0.3, -0.25) is 0 Å². The van der Waals surface area contributed by atoms with E-state index in [1.165, 1.54) is 0 Å². The Kier molecular flexibility index (Phi) is 2.22. The third-order valence-electron chi connectivity index (χ3n) is 1.25. The Bertz CT molecular complexity index is 116. The van der Waals surface area contributed by atoms with Crippen LogP contribution in [0.5, 0.6) is 0 Å². The highest BCUT2D eigenvalue weighted by atomic mass is 32.1. The molecule has 4 heteroatoms. The maximum atomic E-state index is 8.22. The van der Waals surface area contributed by atoms with Crippen molar-refractivity contribution >= 4 is 18.5 Å². The Morgan fingerprint density at radius 2 is 2.56 bits per heavy atom. The topological polar surface area (TPSA) is 41.8 Å². The smallest absolute Gasteiger partial charge is 0.225 e. The van der Waals surface area contributed by atoms with Gasteiger partial charge in [-0.1, -0.05) is 5.16 Å². The van der Waals surface area contributed by atoms with Crippen LogP contribution in [0.2, 0.25) is 0 Å². The molecule has 0 spiro atoms. The van der Waals surface area contributed by atoms with Gasteiger partial charge < -0.3 is 9.94 Å². The minimum absolute atomic E-state index is 0.301. The SMILES string of the molecule is O/N=C1/CCC(S)CO1. The quantitative estimate of drug-likeness (QED) is 0.303. The molecule has 1 fully saturated rings. The Morgan fingerprint density at radius 3 is 3.00 bits per heavy atom. The minimum Gasteiger partial charge on any atom is -0.477 e. The second-order valence-corrected chi connectivity index (χ2v) is 2.73. The summed E-state index contributed by atoms with van der Waals surface area (Å²) in [7, 11) is 0. The summed E-state index contributed by atoms with van der Waals surface area (Å²) in [4.78, 5) is 0. The molecule has 0 bridgehead atoms. The fraction of sp³-hybridized carbons (Fsp3) is 0.800. The van der Waals surface area contributed by atoms with E-state index in [2.05, 4.69) is 17.8 Å². The van der Waals surface area contributed by atoms with Gasteiger partial charge in [0.2, 0.25) is 5.90 Å². The third kappa shape index (κ3) is 1.78. The van der Waals surface area contributed by atoms with Crippen LogP contribution in [0.4, 0.5) is 0 Å². The van der Waals surface area contributed by atoms with Gasteiger partial charge in [0.15, 0.2) is 0 Å². The lowest BCUT2D eigenvalue weighted by Gasteiger charge is -2.18. The molecule has 1 saturated heterocycles. The molecule has 52 valence electrons. The maximum Gasteiger partial charge on any atom is 0.225 e. The Morgan fingerprint density at radius 1 is 1.78 bits per heavy atom. The summed E-state index contributed by atoms with van der Waals surface area (Å²) in [6.07, 6.45) is 1.63. The van der Waals surface area contributed by atoms with Gasteiger partial charge in [0, 0.05) is 11.7 Å². The van der Waals surface area contributed by atoms with Crippen molar-refractivity contribution in [2.45, 2.75) is 18.1 Å². The normalized spacial score (nSPS) is 32.1. The van der Waals surface area contributed by atoms with E-state index in [0.29, 0.717) is 24.2 Å². The van der Waals surface area contributed by atoms with Crippen LogP contribution in [0.3, 0.4) is 0 Å². The first-order valence-corrected chi connectivity index (χ1v) is 3.36. The summed E-state index contributed by atoms with van der Waals surface area (Å²) >= 11 is 4.18. The first-order chi connectivity index (χ1) is 4.33. The number of nitrogens with zero attached hydrogens (tertiary/aromatic N) is 1. The van der Waals surface area contributed by atoms with Gasteiger partial charge in [-0.2, -0.15) is 12.6 Å². The zero-order chi connectivity index (χ0) is 6.69. The average molecular weight is 147 g/mol. The highest BCUT2D eigenvalue weighted by Crippen LogP contribution is 2.12. The first-order valence-electron chi connectivity index (χ1n) is 2.84. The summed E-state index contributed by atoms with van der Waals surface area (Å²) in [5.74, 6) is 0.431. The lowest BCUT2D eigenvalue weighted by atomic mass is 10.2. The summed E-state index contributed by atoms with van der Waals surface area (Å²) in [6.45, 7) is 0.558. The Balaban J connectivity index is 2.35. The minimum atomic E-state index is 0.301. The zero-order valence-electron chi connectivity index (χ0n) is 4.95. The van der Waals surface area contributed by atoms with Gasteiger partial charge in [0.25, 0.3) is 0 Å². The lowest BCUT2D eigenvalue weighted by Crippen LogP contribution is -2.21.